The van der Waals surface area contributed by atoms with Crippen LogP contribution in [0.3, 0.4) is 0 Å². The molecule has 0 aromatic heterocycles. The number of cyclic esters (lactones) is 1. The molecule has 2 heterocycles. The van der Waals surface area contributed by atoms with Crippen molar-refractivity contribution in [2.24, 2.45) is 0 Å². The van der Waals surface area contributed by atoms with Crippen molar-refractivity contribution in [3.63, 3.8) is 0 Å². The molecule has 0 spiro atoms. The average molecular weight is 392 g/mol. The fourth-order valence-electron chi connectivity index (χ4n) is 3.46. The summed E-state index contributed by atoms with van der Waals surface area (Å²) in [5.74, 6) is 0. The molecule has 2 saturated heterocycles. The summed E-state index contributed by atoms with van der Waals surface area (Å²) in [6, 6.07) is 3.91. The van der Waals surface area contributed by atoms with E-state index in [0.29, 0.717) is 12.8 Å². The van der Waals surface area contributed by atoms with Crippen LogP contribution in [0.25, 0.3) is 0 Å². The molecule has 3 rings (SSSR count). The number of ether oxygens (including phenoxy) is 1. The highest BCUT2D eigenvalue weighted by atomic mass is 32.2. The second-order valence-electron chi connectivity index (χ2n) is 6.46. The van der Waals surface area contributed by atoms with Gasteiger partial charge in [0.1, 0.15) is 6.61 Å². The number of halogens is 3. The van der Waals surface area contributed by atoms with Crippen molar-refractivity contribution in [1.82, 2.24) is 9.21 Å². The highest BCUT2D eigenvalue weighted by Crippen LogP contribution is 2.36. The van der Waals surface area contributed by atoms with Gasteiger partial charge in [0, 0.05) is 19.1 Å². The highest BCUT2D eigenvalue weighted by molar-refractivity contribution is 7.89. The van der Waals surface area contributed by atoms with Gasteiger partial charge < -0.3 is 4.74 Å². The first-order chi connectivity index (χ1) is 12.1. The molecule has 1 unspecified atom stereocenters. The molecule has 1 aromatic rings. The summed E-state index contributed by atoms with van der Waals surface area (Å²) in [7, 11) is -4.27. The molecule has 0 saturated carbocycles. The van der Waals surface area contributed by atoms with Crippen LogP contribution in [0.4, 0.5) is 18.0 Å². The third kappa shape index (κ3) is 3.39. The van der Waals surface area contributed by atoms with Gasteiger partial charge in [0.05, 0.1) is 16.5 Å². The van der Waals surface area contributed by atoms with Crippen molar-refractivity contribution in [1.29, 1.82) is 0 Å². The van der Waals surface area contributed by atoms with E-state index in [1.165, 1.54) is 6.07 Å². The number of benzene rings is 1. The van der Waals surface area contributed by atoms with Crippen molar-refractivity contribution in [3.8, 4) is 0 Å². The topological polar surface area (TPSA) is 66.9 Å². The molecule has 2 fully saturated rings. The molecule has 0 radical (unpaired) electrons. The Balaban J connectivity index is 1.78. The zero-order valence-corrected chi connectivity index (χ0v) is 14.9. The van der Waals surface area contributed by atoms with Gasteiger partial charge in [-0.3, -0.25) is 4.90 Å². The number of nitrogens with zero attached hydrogens (tertiary/aromatic N) is 2. The SMILES string of the molecule is CC1COC(=O)N1C1CCN(S(=O)(=O)c2ccccc2C(F)(F)F)CC1. The van der Waals surface area contributed by atoms with Crippen molar-refractivity contribution >= 4 is 16.1 Å². The lowest BCUT2D eigenvalue weighted by Gasteiger charge is -2.36. The van der Waals surface area contributed by atoms with E-state index in [0.717, 1.165) is 22.5 Å². The number of carbonyl (C=O) groups is 1. The largest absolute Gasteiger partial charge is 0.447 e. The molecule has 1 atom stereocenters. The minimum atomic E-state index is -4.75. The van der Waals surface area contributed by atoms with Gasteiger partial charge >= 0.3 is 12.3 Å². The minimum absolute atomic E-state index is 0.0513. The van der Waals surface area contributed by atoms with Crippen LogP contribution in [-0.2, 0) is 20.9 Å². The summed E-state index contributed by atoms with van der Waals surface area (Å²) >= 11 is 0. The first kappa shape index (κ1) is 19.0. The minimum Gasteiger partial charge on any atom is -0.447 e. The van der Waals surface area contributed by atoms with Gasteiger partial charge in [-0.2, -0.15) is 17.5 Å². The Hall–Kier alpha value is -1.81. The van der Waals surface area contributed by atoms with E-state index in [2.05, 4.69) is 0 Å². The summed E-state index contributed by atoms with van der Waals surface area (Å²) < 4.78 is 71.0. The quantitative estimate of drug-likeness (QED) is 0.793. The van der Waals surface area contributed by atoms with Crippen LogP contribution in [0.1, 0.15) is 25.3 Å². The van der Waals surface area contributed by atoms with Crippen molar-refractivity contribution in [2.75, 3.05) is 19.7 Å². The number of rotatable bonds is 3. The summed E-state index contributed by atoms with van der Waals surface area (Å²) in [6.45, 7) is 2.23. The van der Waals surface area contributed by atoms with Crippen molar-refractivity contribution < 1.29 is 31.1 Å². The number of amides is 1. The summed E-state index contributed by atoms with van der Waals surface area (Å²) in [5.41, 5.74) is -1.17. The second-order valence-corrected chi connectivity index (χ2v) is 8.37. The third-order valence-corrected chi connectivity index (χ3v) is 6.72. The molecule has 1 amide bonds. The Bertz CT molecular complexity index is 789. The van der Waals surface area contributed by atoms with E-state index in [1.807, 2.05) is 6.92 Å². The maximum Gasteiger partial charge on any atom is 0.417 e. The molecular formula is C16H19F3N2O4S. The lowest BCUT2D eigenvalue weighted by Crippen LogP contribution is -2.49. The van der Waals surface area contributed by atoms with Gasteiger partial charge in [0.25, 0.3) is 0 Å². The zero-order valence-electron chi connectivity index (χ0n) is 14.1. The summed E-state index contributed by atoms with van der Waals surface area (Å²) in [4.78, 5) is 12.6. The molecule has 6 nitrogen and oxygen atoms in total. The van der Waals surface area contributed by atoms with Gasteiger partial charge in [-0.1, -0.05) is 12.1 Å². The molecule has 10 heteroatoms. The monoisotopic (exact) mass is 392 g/mol. The van der Waals surface area contributed by atoms with Crippen molar-refractivity contribution in [2.45, 2.75) is 42.9 Å². The first-order valence-corrected chi connectivity index (χ1v) is 9.68. The van der Waals surface area contributed by atoms with E-state index in [-0.39, 0.29) is 31.8 Å². The fraction of sp³-hybridized carbons (Fsp3) is 0.562. The molecule has 26 heavy (non-hydrogen) atoms. The van der Waals surface area contributed by atoms with Crippen LogP contribution in [-0.4, -0.2) is 55.5 Å². The summed E-state index contributed by atoms with van der Waals surface area (Å²) in [6.07, 6.45) is -4.47. The maximum absolute atomic E-state index is 13.2. The Labute approximate surface area is 149 Å². The van der Waals surface area contributed by atoms with Gasteiger partial charge in [-0.15, -0.1) is 0 Å². The van der Waals surface area contributed by atoms with E-state index in [4.69, 9.17) is 4.74 Å². The Morgan fingerprint density at radius 3 is 2.31 bits per heavy atom. The van der Waals surface area contributed by atoms with Crippen LogP contribution in [0.15, 0.2) is 29.2 Å². The molecular weight excluding hydrogens is 373 g/mol. The fourth-order valence-corrected chi connectivity index (χ4v) is 5.14. The standard InChI is InChI=1S/C16H19F3N2O4S/c1-11-10-25-15(22)21(11)12-6-8-20(9-7-12)26(23,24)14-5-3-2-4-13(14)16(17,18)19/h2-5,11-12H,6-10H2,1H3. The lowest BCUT2D eigenvalue weighted by molar-refractivity contribution is -0.139. The van der Waals surface area contributed by atoms with E-state index in [9.17, 15) is 26.4 Å². The number of piperidine rings is 1. The molecule has 1 aromatic carbocycles. The van der Waals surface area contributed by atoms with Crippen LogP contribution in [0.5, 0.6) is 0 Å². The molecule has 144 valence electrons. The Morgan fingerprint density at radius 2 is 1.77 bits per heavy atom. The Morgan fingerprint density at radius 1 is 1.15 bits per heavy atom. The number of hydrogen-bond acceptors (Lipinski definition) is 4. The third-order valence-electron chi connectivity index (χ3n) is 4.76. The number of hydrogen-bond donors (Lipinski definition) is 0. The second kappa shape index (κ2) is 6.73. The smallest absolute Gasteiger partial charge is 0.417 e. The lowest BCUT2D eigenvalue weighted by atomic mass is 10.0. The van der Waals surface area contributed by atoms with Crippen LogP contribution in [0.2, 0.25) is 0 Å². The Kier molecular flexibility index (Phi) is 4.91. The van der Waals surface area contributed by atoms with E-state index < -0.39 is 32.8 Å². The van der Waals surface area contributed by atoms with Crippen LogP contribution in [0, 0.1) is 0 Å². The van der Waals surface area contributed by atoms with Gasteiger partial charge in [-0.25, -0.2) is 13.2 Å². The first-order valence-electron chi connectivity index (χ1n) is 8.24. The van der Waals surface area contributed by atoms with Gasteiger partial charge in [0.15, 0.2) is 0 Å². The summed E-state index contributed by atoms with van der Waals surface area (Å²) in [5, 5.41) is 0. The molecule has 0 bridgehead atoms. The number of carbonyl (C=O) groups excluding carboxylic acids is 1. The van der Waals surface area contributed by atoms with Gasteiger partial charge in [0.2, 0.25) is 10.0 Å². The molecule has 0 N–H and O–H groups in total. The van der Waals surface area contributed by atoms with Crippen LogP contribution < -0.4 is 0 Å². The zero-order chi connectivity index (χ0) is 19.1. The number of sulfonamides is 1. The van der Waals surface area contributed by atoms with Crippen LogP contribution >= 0.6 is 0 Å². The molecule has 2 aliphatic heterocycles. The molecule has 2 aliphatic rings. The maximum atomic E-state index is 13.2. The molecule has 0 aliphatic carbocycles. The predicted octanol–water partition coefficient (Wildman–Crippen LogP) is 2.70. The highest BCUT2D eigenvalue weighted by Gasteiger charge is 2.42. The normalized spacial score (nSPS) is 23.3. The van der Waals surface area contributed by atoms with Crippen molar-refractivity contribution in [3.05, 3.63) is 29.8 Å². The number of alkyl halides is 3. The predicted molar refractivity (Wildman–Crippen MR) is 85.9 cm³/mol. The van der Waals surface area contributed by atoms with Gasteiger partial charge in [-0.05, 0) is 31.9 Å². The van der Waals surface area contributed by atoms with E-state index in [1.54, 1.807) is 4.90 Å². The van der Waals surface area contributed by atoms with E-state index >= 15 is 0 Å². The average Bonchev–Trinajstić information content (AvgIpc) is 2.93.